The van der Waals surface area contributed by atoms with Gasteiger partial charge in [-0.25, -0.2) is 4.39 Å². The van der Waals surface area contributed by atoms with Crippen molar-refractivity contribution in [3.8, 4) is 0 Å². The van der Waals surface area contributed by atoms with Crippen LogP contribution in [0.1, 0.15) is 20.3 Å². The van der Waals surface area contributed by atoms with Gasteiger partial charge in [-0.15, -0.1) is 0 Å². The van der Waals surface area contributed by atoms with Crippen LogP contribution in [0.4, 0.5) is 10.1 Å². The average molecular weight is 266 g/mol. The zero-order valence-corrected chi connectivity index (χ0v) is 11.6. The standard InChI is InChI=1S/C14H19FN2S/c1-10-6-11(2)9-17(8-10)14(18)16-13-5-3-4-12(15)7-13/h3-5,7,10-11H,6,8-9H2,1-2H3,(H,16,18). The molecule has 0 spiro atoms. The lowest BCUT2D eigenvalue weighted by Crippen LogP contribution is -2.44. The summed E-state index contributed by atoms with van der Waals surface area (Å²) in [5.74, 6) is 1.06. The van der Waals surface area contributed by atoms with E-state index in [2.05, 4.69) is 24.1 Å². The zero-order chi connectivity index (χ0) is 13.1. The molecule has 0 amide bonds. The maximum absolute atomic E-state index is 13.1. The third kappa shape index (κ3) is 3.42. The minimum Gasteiger partial charge on any atom is -0.348 e. The number of thiocarbonyl (C=S) groups is 1. The van der Waals surface area contributed by atoms with Gasteiger partial charge in [0.1, 0.15) is 5.82 Å². The van der Waals surface area contributed by atoms with Crippen LogP contribution in [0.5, 0.6) is 0 Å². The van der Waals surface area contributed by atoms with Crippen molar-refractivity contribution in [2.45, 2.75) is 20.3 Å². The van der Waals surface area contributed by atoms with Gasteiger partial charge in [0.15, 0.2) is 5.11 Å². The molecule has 0 saturated carbocycles. The number of rotatable bonds is 1. The van der Waals surface area contributed by atoms with Crippen molar-refractivity contribution in [1.29, 1.82) is 0 Å². The summed E-state index contributed by atoms with van der Waals surface area (Å²) in [5.41, 5.74) is 0.714. The van der Waals surface area contributed by atoms with Gasteiger partial charge in [0.05, 0.1) is 0 Å². The highest BCUT2D eigenvalue weighted by Crippen LogP contribution is 2.22. The van der Waals surface area contributed by atoms with Gasteiger partial charge in [0.25, 0.3) is 0 Å². The molecule has 0 aliphatic carbocycles. The number of nitrogens with one attached hydrogen (secondary N) is 1. The van der Waals surface area contributed by atoms with Crippen molar-refractivity contribution in [3.05, 3.63) is 30.1 Å². The second-order valence-electron chi connectivity index (χ2n) is 5.29. The molecule has 18 heavy (non-hydrogen) atoms. The Hall–Kier alpha value is -1.16. The molecule has 1 fully saturated rings. The van der Waals surface area contributed by atoms with E-state index in [1.807, 2.05) is 6.07 Å². The van der Waals surface area contributed by atoms with E-state index in [4.69, 9.17) is 12.2 Å². The summed E-state index contributed by atoms with van der Waals surface area (Å²) in [6.45, 7) is 6.44. The minimum absolute atomic E-state index is 0.247. The Morgan fingerprint density at radius 2 is 2.00 bits per heavy atom. The van der Waals surface area contributed by atoms with E-state index in [1.54, 1.807) is 6.07 Å². The topological polar surface area (TPSA) is 15.3 Å². The molecule has 1 aromatic rings. The lowest BCUT2D eigenvalue weighted by atomic mass is 9.92. The lowest BCUT2D eigenvalue weighted by molar-refractivity contribution is 0.216. The van der Waals surface area contributed by atoms with Crippen molar-refractivity contribution < 1.29 is 4.39 Å². The van der Waals surface area contributed by atoms with Gasteiger partial charge in [0, 0.05) is 18.8 Å². The largest absolute Gasteiger partial charge is 0.348 e. The maximum Gasteiger partial charge on any atom is 0.173 e. The lowest BCUT2D eigenvalue weighted by Gasteiger charge is -2.36. The van der Waals surface area contributed by atoms with Gasteiger partial charge in [-0.3, -0.25) is 0 Å². The third-order valence-corrected chi connectivity index (χ3v) is 3.59. The van der Waals surface area contributed by atoms with Crippen molar-refractivity contribution >= 4 is 23.0 Å². The predicted molar refractivity (Wildman–Crippen MR) is 77.1 cm³/mol. The monoisotopic (exact) mass is 266 g/mol. The number of benzene rings is 1. The average Bonchev–Trinajstić information content (AvgIpc) is 2.27. The smallest absolute Gasteiger partial charge is 0.173 e. The highest BCUT2D eigenvalue weighted by molar-refractivity contribution is 7.80. The number of anilines is 1. The second kappa shape index (κ2) is 5.65. The summed E-state index contributed by atoms with van der Waals surface area (Å²) in [7, 11) is 0. The molecule has 2 rings (SSSR count). The van der Waals surface area contributed by atoms with Gasteiger partial charge in [-0.2, -0.15) is 0 Å². The van der Waals surface area contributed by atoms with E-state index in [0.717, 1.165) is 13.1 Å². The van der Waals surface area contributed by atoms with Crippen LogP contribution in [0, 0.1) is 17.7 Å². The highest BCUT2D eigenvalue weighted by atomic mass is 32.1. The van der Waals surface area contributed by atoms with Gasteiger partial charge in [-0.05, 0) is 48.7 Å². The molecule has 2 nitrogen and oxygen atoms in total. The van der Waals surface area contributed by atoms with E-state index < -0.39 is 0 Å². The summed E-state index contributed by atoms with van der Waals surface area (Å²) >= 11 is 5.40. The molecule has 0 bridgehead atoms. The summed E-state index contributed by atoms with van der Waals surface area (Å²) in [4.78, 5) is 2.18. The quantitative estimate of drug-likeness (QED) is 0.783. The number of halogens is 1. The van der Waals surface area contributed by atoms with Gasteiger partial charge >= 0.3 is 0 Å². The van der Waals surface area contributed by atoms with Crippen LogP contribution in [0.3, 0.4) is 0 Å². The van der Waals surface area contributed by atoms with Crippen LogP contribution in [-0.4, -0.2) is 23.1 Å². The first kappa shape index (κ1) is 13.3. The molecule has 1 saturated heterocycles. The number of hydrogen-bond donors (Lipinski definition) is 1. The zero-order valence-electron chi connectivity index (χ0n) is 10.8. The molecule has 2 unspecified atom stereocenters. The normalized spacial score (nSPS) is 23.8. The van der Waals surface area contributed by atoms with E-state index >= 15 is 0 Å². The number of piperidine rings is 1. The maximum atomic E-state index is 13.1. The number of likely N-dealkylation sites (tertiary alicyclic amines) is 1. The molecular formula is C14H19FN2S. The fraction of sp³-hybridized carbons (Fsp3) is 0.500. The van der Waals surface area contributed by atoms with Crippen molar-refractivity contribution in [2.24, 2.45) is 11.8 Å². The summed E-state index contributed by atoms with van der Waals surface area (Å²) in [6.07, 6.45) is 1.25. The molecule has 1 aliphatic heterocycles. The molecule has 0 radical (unpaired) electrons. The van der Waals surface area contributed by atoms with Gasteiger partial charge in [-0.1, -0.05) is 19.9 Å². The number of nitrogens with zero attached hydrogens (tertiary/aromatic N) is 1. The van der Waals surface area contributed by atoms with Crippen LogP contribution in [0.2, 0.25) is 0 Å². The Bertz CT molecular complexity index is 426. The molecule has 0 aromatic heterocycles. The summed E-state index contributed by atoms with van der Waals surface area (Å²) in [6, 6.07) is 6.40. The SMILES string of the molecule is CC1CC(C)CN(C(=S)Nc2cccc(F)c2)C1. The fourth-order valence-corrected chi connectivity index (χ4v) is 2.86. The Morgan fingerprint density at radius 3 is 2.61 bits per heavy atom. The molecule has 1 aliphatic rings. The van der Waals surface area contributed by atoms with E-state index in [-0.39, 0.29) is 5.82 Å². The molecule has 1 heterocycles. The molecule has 1 N–H and O–H groups in total. The third-order valence-electron chi connectivity index (χ3n) is 3.23. The van der Waals surface area contributed by atoms with Crippen molar-refractivity contribution in [2.75, 3.05) is 18.4 Å². The predicted octanol–water partition coefficient (Wildman–Crippen LogP) is 3.50. The molecule has 2 atom stereocenters. The first-order valence-electron chi connectivity index (χ1n) is 6.36. The Labute approximate surface area is 113 Å². The Morgan fingerprint density at radius 1 is 1.33 bits per heavy atom. The van der Waals surface area contributed by atoms with Crippen LogP contribution in [-0.2, 0) is 0 Å². The Kier molecular flexibility index (Phi) is 4.17. The first-order valence-corrected chi connectivity index (χ1v) is 6.77. The highest BCUT2D eigenvalue weighted by Gasteiger charge is 2.23. The van der Waals surface area contributed by atoms with Gasteiger partial charge < -0.3 is 10.2 Å². The van der Waals surface area contributed by atoms with E-state index in [1.165, 1.54) is 18.6 Å². The van der Waals surface area contributed by atoms with Crippen LogP contribution < -0.4 is 5.32 Å². The molecular weight excluding hydrogens is 247 g/mol. The minimum atomic E-state index is -0.247. The van der Waals surface area contributed by atoms with Crippen molar-refractivity contribution in [3.63, 3.8) is 0 Å². The molecule has 1 aromatic carbocycles. The van der Waals surface area contributed by atoms with E-state index in [0.29, 0.717) is 22.6 Å². The molecule has 4 heteroatoms. The van der Waals surface area contributed by atoms with Crippen LogP contribution >= 0.6 is 12.2 Å². The summed E-state index contributed by atoms with van der Waals surface area (Å²) < 4.78 is 13.1. The summed E-state index contributed by atoms with van der Waals surface area (Å²) in [5, 5.41) is 3.80. The first-order chi connectivity index (χ1) is 8.54. The Balaban J connectivity index is 1.99. The van der Waals surface area contributed by atoms with Crippen LogP contribution in [0.15, 0.2) is 24.3 Å². The fourth-order valence-electron chi connectivity index (χ4n) is 2.60. The van der Waals surface area contributed by atoms with E-state index in [9.17, 15) is 4.39 Å². The van der Waals surface area contributed by atoms with Crippen molar-refractivity contribution in [1.82, 2.24) is 4.90 Å². The second-order valence-corrected chi connectivity index (χ2v) is 5.68. The molecule has 98 valence electrons. The van der Waals surface area contributed by atoms with Gasteiger partial charge in [0.2, 0.25) is 0 Å². The van der Waals surface area contributed by atoms with Crippen LogP contribution in [0.25, 0.3) is 0 Å². The number of hydrogen-bond acceptors (Lipinski definition) is 1.